The molecule has 4 fully saturated rings. The van der Waals surface area contributed by atoms with Crippen molar-refractivity contribution < 1.29 is 23.9 Å². The molecule has 4 bridgehead atoms. The third-order valence-electron chi connectivity index (χ3n) is 12.2. The minimum atomic E-state index is -0.436. The van der Waals surface area contributed by atoms with E-state index in [1.807, 2.05) is 30.3 Å². The van der Waals surface area contributed by atoms with Crippen LogP contribution in [0, 0.1) is 11.8 Å². The summed E-state index contributed by atoms with van der Waals surface area (Å²) in [5.41, 5.74) is 7.82. The minimum absolute atomic E-state index is 0.0213. The fourth-order valence-corrected chi connectivity index (χ4v) is 8.44. The van der Waals surface area contributed by atoms with E-state index in [1.54, 1.807) is 71.0 Å². The van der Waals surface area contributed by atoms with Crippen LogP contribution in [0.2, 0.25) is 0 Å². The maximum Gasteiger partial charge on any atom is 0.421 e. The summed E-state index contributed by atoms with van der Waals surface area (Å²) in [5, 5.41) is 2.75. The second-order valence-electron chi connectivity index (χ2n) is 16.7. The standard InChI is InChI=1S/C22H23N3O3.C20H22N6O2.C4H5N3/c26-20(11-8-15-6-7-15)18-9-10-19-21(23-18)25(16-12-13-24(19)14-16)22(27)28-17-4-2-1-3-5-17;27-17(7-4-13-2-3-13)15-5-6-16-18(23-15)26(14-8-11-25(16)12-14)20(28)24-19-21-9-1-10-22-19;5-4-6-2-1-3-7-4/h1-5,9-10,15-16H,6-8,11-14H2;1,5-6,9-10,13-14H,2-4,7-8,11-12H2,(H,21,22,24,28);1-3H,(H2,5,6,7)/t16-;14-;/m00./s1. The van der Waals surface area contributed by atoms with Crippen LogP contribution in [-0.2, 0) is 0 Å². The number of Topliss-reactive ketones (excluding diaryl/α,β-unsaturated/α-hetero) is 2. The third-order valence-corrected chi connectivity index (χ3v) is 12.2. The molecule has 8 heterocycles. The van der Waals surface area contributed by atoms with Crippen LogP contribution < -0.4 is 35.4 Å². The Hall–Kier alpha value is -7.04. The van der Waals surface area contributed by atoms with Crippen molar-refractivity contribution in [2.45, 2.75) is 76.3 Å². The molecule has 17 nitrogen and oxygen atoms in total. The van der Waals surface area contributed by atoms with E-state index in [0.29, 0.717) is 59.4 Å². The Kier molecular flexibility index (Phi) is 12.1. The van der Waals surface area contributed by atoms with Crippen molar-refractivity contribution in [2.24, 2.45) is 11.8 Å². The lowest BCUT2D eigenvalue weighted by atomic mass is 10.1. The van der Waals surface area contributed by atoms with E-state index >= 15 is 0 Å². The molecule has 3 N–H and O–H groups in total. The quantitative estimate of drug-likeness (QED) is 0.136. The first-order chi connectivity index (χ1) is 30.8. The number of nitrogens with zero attached hydrogens (tertiary/aromatic N) is 10. The van der Waals surface area contributed by atoms with Crippen LogP contribution in [0.4, 0.5) is 44.5 Å². The highest BCUT2D eigenvalue weighted by Crippen LogP contribution is 2.41. The number of anilines is 6. The summed E-state index contributed by atoms with van der Waals surface area (Å²) < 4.78 is 5.59. The van der Waals surface area contributed by atoms with Gasteiger partial charge in [0.2, 0.25) is 11.9 Å². The van der Waals surface area contributed by atoms with Crippen molar-refractivity contribution in [3.05, 3.63) is 103 Å². The highest BCUT2D eigenvalue weighted by molar-refractivity contribution is 6.05. The maximum atomic E-state index is 13.0. The minimum Gasteiger partial charge on any atom is -0.410 e. The lowest BCUT2D eigenvalue weighted by Gasteiger charge is -2.35. The lowest BCUT2D eigenvalue weighted by Crippen LogP contribution is -2.48. The fourth-order valence-electron chi connectivity index (χ4n) is 8.44. The summed E-state index contributed by atoms with van der Waals surface area (Å²) in [6.07, 6.45) is 15.5. The molecular formula is C46H50N12O5. The topological polar surface area (TPSA) is 206 Å². The molecule has 6 aliphatic rings. The molecule has 3 amide bonds. The number of rotatable bonds is 10. The van der Waals surface area contributed by atoms with Crippen LogP contribution in [0.5, 0.6) is 5.75 Å². The first kappa shape index (κ1) is 41.3. The number of amides is 3. The van der Waals surface area contributed by atoms with Gasteiger partial charge in [0.15, 0.2) is 23.2 Å². The molecule has 4 aliphatic heterocycles. The van der Waals surface area contributed by atoms with Gasteiger partial charge < -0.3 is 20.3 Å². The molecule has 17 heteroatoms. The number of nitrogens with one attached hydrogen (secondary N) is 1. The van der Waals surface area contributed by atoms with Crippen LogP contribution in [0.15, 0.2) is 91.5 Å². The summed E-state index contributed by atoms with van der Waals surface area (Å²) in [5.74, 6) is 3.71. The molecule has 1 aromatic carbocycles. The molecule has 0 spiro atoms. The largest absolute Gasteiger partial charge is 0.421 e. The summed E-state index contributed by atoms with van der Waals surface area (Å²) in [4.78, 5) is 83.7. The van der Waals surface area contributed by atoms with Crippen molar-refractivity contribution >= 4 is 58.6 Å². The van der Waals surface area contributed by atoms with Gasteiger partial charge in [-0.15, -0.1) is 0 Å². The third kappa shape index (κ3) is 9.87. The van der Waals surface area contributed by atoms with Gasteiger partial charge in [0.05, 0.1) is 23.5 Å². The summed E-state index contributed by atoms with van der Waals surface area (Å²) in [6, 6.07) is 19.7. The Labute approximate surface area is 365 Å². The Morgan fingerprint density at radius 2 is 1.13 bits per heavy atom. The van der Waals surface area contributed by atoms with E-state index in [-0.39, 0.29) is 35.6 Å². The van der Waals surface area contributed by atoms with Gasteiger partial charge in [0.25, 0.3) is 0 Å². The Balaban J connectivity index is 0.000000139. The molecule has 2 aliphatic carbocycles. The van der Waals surface area contributed by atoms with E-state index < -0.39 is 6.09 Å². The van der Waals surface area contributed by atoms with Crippen molar-refractivity contribution in [1.82, 2.24) is 29.9 Å². The van der Waals surface area contributed by atoms with Gasteiger partial charge in [-0.2, -0.15) is 0 Å². The van der Waals surface area contributed by atoms with E-state index in [1.165, 1.54) is 25.7 Å². The number of benzene rings is 1. The number of ether oxygens (including phenoxy) is 1. The predicted molar refractivity (Wildman–Crippen MR) is 237 cm³/mol. The number of fused-ring (bicyclic) bond motifs is 8. The zero-order valence-corrected chi connectivity index (χ0v) is 35.0. The highest BCUT2D eigenvalue weighted by Gasteiger charge is 2.42. The van der Waals surface area contributed by atoms with Crippen LogP contribution in [-0.4, -0.2) is 91.9 Å². The molecule has 2 saturated heterocycles. The van der Waals surface area contributed by atoms with Gasteiger partial charge in [-0.1, -0.05) is 43.9 Å². The smallest absolute Gasteiger partial charge is 0.410 e. The van der Waals surface area contributed by atoms with E-state index in [0.717, 1.165) is 63.2 Å². The van der Waals surface area contributed by atoms with Gasteiger partial charge >= 0.3 is 12.1 Å². The van der Waals surface area contributed by atoms with Crippen LogP contribution in [0.25, 0.3) is 0 Å². The predicted octanol–water partition coefficient (Wildman–Crippen LogP) is 6.99. The van der Waals surface area contributed by atoms with Gasteiger partial charge in [0.1, 0.15) is 17.1 Å². The van der Waals surface area contributed by atoms with Crippen LogP contribution in [0.1, 0.15) is 85.2 Å². The molecule has 0 radical (unpaired) electrons. The number of nitrogens with two attached hydrogens (primary N) is 1. The molecule has 5 aromatic rings. The average molecular weight is 851 g/mol. The second kappa shape index (κ2) is 18.5. The number of nitrogen functional groups attached to an aromatic ring is 1. The SMILES string of the molecule is Nc1ncccn1.O=C(CCC1CC1)c1ccc2c(n1)N(C(=O)Nc1ncccn1)[C@H]1CCN2C1.O=C(CCC1CC1)c1ccc2c(n1)N(C(=O)Oc1ccccc1)[C@H]1CCN2C1. The summed E-state index contributed by atoms with van der Waals surface area (Å²) in [7, 11) is 0. The number of urea groups is 1. The second-order valence-corrected chi connectivity index (χ2v) is 16.7. The van der Waals surface area contributed by atoms with Crippen LogP contribution in [0.3, 0.4) is 0 Å². The fraction of sp³-hybridized carbons (Fsp3) is 0.391. The summed E-state index contributed by atoms with van der Waals surface area (Å²) in [6.45, 7) is 3.30. The zero-order valence-electron chi connectivity index (χ0n) is 35.0. The number of carbonyl (C=O) groups is 4. The number of ketones is 2. The number of aromatic nitrogens is 6. The number of para-hydroxylation sites is 1. The number of carbonyl (C=O) groups excluding carboxylic acids is 4. The summed E-state index contributed by atoms with van der Waals surface area (Å²) >= 11 is 0. The number of hydrogen-bond donors (Lipinski definition) is 2. The molecule has 4 aromatic heterocycles. The van der Waals surface area contributed by atoms with Gasteiger partial charge in [0, 0.05) is 63.8 Å². The van der Waals surface area contributed by atoms with Crippen molar-refractivity contribution in [1.29, 1.82) is 0 Å². The Morgan fingerprint density at radius 1 is 0.619 bits per heavy atom. The van der Waals surface area contributed by atoms with E-state index in [2.05, 4.69) is 45.0 Å². The molecule has 63 heavy (non-hydrogen) atoms. The average Bonchev–Trinajstić information content (AvgIpc) is 4.25. The maximum absolute atomic E-state index is 13.0. The van der Waals surface area contributed by atoms with Crippen molar-refractivity contribution in [3.63, 3.8) is 0 Å². The van der Waals surface area contributed by atoms with E-state index in [4.69, 9.17) is 10.5 Å². The van der Waals surface area contributed by atoms with Gasteiger partial charge in [-0.05, 0) is 86.1 Å². The van der Waals surface area contributed by atoms with Gasteiger partial charge in [-0.3, -0.25) is 24.7 Å². The Morgan fingerprint density at radius 3 is 1.63 bits per heavy atom. The number of pyridine rings is 2. The monoisotopic (exact) mass is 850 g/mol. The molecule has 0 unspecified atom stereocenters. The Bertz CT molecular complexity index is 2290. The first-order valence-corrected chi connectivity index (χ1v) is 21.8. The molecular weight excluding hydrogens is 801 g/mol. The molecule has 2 atom stereocenters. The normalized spacial score (nSPS) is 18.8. The molecule has 324 valence electrons. The highest BCUT2D eigenvalue weighted by atomic mass is 16.6. The van der Waals surface area contributed by atoms with Crippen LogP contribution >= 0.6 is 0 Å². The zero-order chi connectivity index (χ0) is 43.3. The van der Waals surface area contributed by atoms with Crippen molar-refractivity contribution in [3.8, 4) is 5.75 Å². The first-order valence-electron chi connectivity index (χ1n) is 21.8. The lowest BCUT2D eigenvalue weighted by molar-refractivity contribution is 0.0965. The van der Waals surface area contributed by atoms with Crippen molar-refractivity contribution in [2.75, 3.05) is 56.8 Å². The van der Waals surface area contributed by atoms with Gasteiger partial charge in [-0.25, -0.2) is 39.5 Å². The molecule has 11 rings (SSSR count). The van der Waals surface area contributed by atoms with E-state index in [9.17, 15) is 19.2 Å². The number of hydrogen-bond acceptors (Lipinski definition) is 14. The molecule has 2 saturated carbocycles.